The van der Waals surface area contributed by atoms with Gasteiger partial charge in [-0.05, 0) is 62.4 Å². The van der Waals surface area contributed by atoms with Crippen molar-refractivity contribution in [1.82, 2.24) is 19.7 Å². The Balaban J connectivity index is 1.68. The minimum Gasteiger partial charge on any atom is -0.439 e. The normalized spacial score (nSPS) is 11.9. The number of benzene rings is 2. The lowest BCUT2D eigenvalue weighted by Crippen LogP contribution is -2.15. The average molecular weight is 540 g/mol. The lowest BCUT2D eigenvalue weighted by Gasteiger charge is -2.14. The van der Waals surface area contributed by atoms with Crippen LogP contribution in [0, 0.1) is 13.8 Å². The van der Waals surface area contributed by atoms with E-state index in [2.05, 4.69) is 19.8 Å². The first-order valence-electron chi connectivity index (χ1n) is 11.7. The molecule has 0 radical (unpaired) electrons. The molecule has 37 heavy (non-hydrogen) atoms. The summed E-state index contributed by atoms with van der Waals surface area (Å²) in [5.74, 6) is 0.611. The van der Waals surface area contributed by atoms with Gasteiger partial charge in [0.1, 0.15) is 10.6 Å². The van der Waals surface area contributed by atoms with Crippen molar-refractivity contribution < 1.29 is 17.7 Å². The van der Waals surface area contributed by atoms with E-state index in [4.69, 9.17) is 4.74 Å². The van der Waals surface area contributed by atoms with E-state index in [0.29, 0.717) is 17.6 Å². The van der Waals surface area contributed by atoms with Crippen LogP contribution in [0.15, 0.2) is 65.8 Å². The number of hydrogen-bond donors (Lipinski definition) is 1. The summed E-state index contributed by atoms with van der Waals surface area (Å²) in [5.41, 5.74) is 4.43. The molecule has 2 aromatic heterocycles. The molecule has 0 atom stereocenters. The van der Waals surface area contributed by atoms with Crippen LogP contribution in [0.3, 0.4) is 0 Å². The first kappa shape index (κ1) is 26.6. The number of ether oxygens (including phenoxy) is 1. The molecule has 194 valence electrons. The van der Waals surface area contributed by atoms with Crippen LogP contribution in [0.4, 0.5) is 5.95 Å². The fraction of sp³-hybridized carbons (Fsp3) is 0.269. The van der Waals surface area contributed by atoms with E-state index >= 15 is 0 Å². The lowest BCUT2D eigenvalue weighted by molar-refractivity contribution is 0.462. The first-order valence-corrected chi connectivity index (χ1v) is 15.9. The predicted octanol–water partition coefficient (Wildman–Crippen LogP) is 5.25. The molecule has 0 saturated heterocycles. The molecule has 2 heterocycles. The van der Waals surface area contributed by atoms with Crippen LogP contribution in [0.1, 0.15) is 16.7 Å². The number of anilines is 1. The standard InChI is InChI=1S/C26H30N5O4PS/c1-18-7-6-8-19(2)25(18)23-15-24(35-21-11-9-20(10-12-21)13-14-36(4,5)32)29-26(28-23)30-37(33,34)22-16-27-31(3)17-22/h6-12,15-17H,13-14H2,1-5H3,(H,28,29,30). The molecule has 0 amide bonds. The molecule has 4 aromatic rings. The second-order valence-corrected chi connectivity index (χ2v) is 14.7. The van der Waals surface area contributed by atoms with Gasteiger partial charge >= 0.3 is 0 Å². The molecule has 0 fully saturated rings. The summed E-state index contributed by atoms with van der Waals surface area (Å²) in [6.45, 7) is 7.50. The quantitative estimate of drug-likeness (QED) is 0.289. The second-order valence-electron chi connectivity index (χ2n) is 9.43. The highest BCUT2D eigenvalue weighted by Crippen LogP contribution is 2.36. The molecule has 0 aliphatic carbocycles. The highest BCUT2D eigenvalue weighted by Gasteiger charge is 2.20. The summed E-state index contributed by atoms with van der Waals surface area (Å²) in [7, 11) is -4.42. The van der Waals surface area contributed by atoms with Crippen LogP contribution < -0.4 is 9.46 Å². The van der Waals surface area contributed by atoms with E-state index in [-0.39, 0.29) is 16.7 Å². The number of nitrogens with one attached hydrogen (secondary N) is 1. The van der Waals surface area contributed by atoms with Gasteiger partial charge in [-0.1, -0.05) is 30.3 Å². The Hall–Kier alpha value is -3.49. The van der Waals surface area contributed by atoms with E-state index in [0.717, 1.165) is 28.7 Å². The summed E-state index contributed by atoms with van der Waals surface area (Å²) in [4.78, 5) is 8.84. The maximum Gasteiger partial charge on any atom is 0.267 e. The number of aryl methyl sites for hydroxylation is 4. The van der Waals surface area contributed by atoms with Gasteiger partial charge in [0.05, 0.1) is 19.0 Å². The van der Waals surface area contributed by atoms with Gasteiger partial charge < -0.3 is 9.30 Å². The maximum atomic E-state index is 12.9. The average Bonchev–Trinajstić information content (AvgIpc) is 3.25. The Kier molecular flexibility index (Phi) is 7.52. The van der Waals surface area contributed by atoms with Crippen molar-refractivity contribution in [3.05, 3.63) is 77.6 Å². The number of sulfonamides is 1. The van der Waals surface area contributed by atoms with Gasteiger partial charge in [0.2, 0.25) is 11.8 Å². The summed E-state index contributed by atoms with van der Waals surface area (Å²) in [6.07, 6.45) is 4.01. The van der Waals surface area contributed by atoms with Crippen molar-refractivity contribution in [1.29, 1.82) is 0 Å². The zero-order valence-corrected chi connectivity index (χ0v) is 23.2. The fourth-order valence-electron chi connectivity index (χ4n) is 3.83. The Morgan fingerprint density at radius 2 is 1.70 bits per heavy atom. The second kappa shape index (κ2) is 10.5. The van der Waals surface area contributed by atoms with Crippen molar-refractivity contribution in [2.45, 2.75) is 25.2 Å². The Bertz CT molecular complexity index is 1560. The smallest absolute Gasteiger partial charge is 0.267 e. The van der Waals surface area contributed by atoms with Crippen molar-refractivity contribution in [3.63, 3.8) is 0 Å². The topological polar surface area (TPSA) is 116 Å². The summed E-state index contributed by atoms with van der Waals surface area (Å²) < 4.78 is 47.8. The lowest BCUT2D eigenvalue weighted by atomic mass is 10.00. The van der Waals surface area contributed by atoms with Gasteiger partial charge in [-0.2, -0.15) is 10.1 Å². The SMILES string of the molecule is Cc1cccc(C)c1-c1cc(Oc2ccc(CCP(C)(C)=O)cc2)nc(NS(=O)(=O)c2cnn(C)c2)n1. The third kappa shape index (κ3) is 6.84. The molecule has 1 N–H and O–H groups in total. The highest BCUT2D eigenvalue weighted by molar-refractivity contribution is 7.92. The molecular formula is C26H30N5O4PS. The Labute approximate surface area is 217 Å². The molecule has 0 spiro atoms. The molecule has 9 nitrogen and oxygen atoms in total. The summed E-state index contributed by atoms with van der Waals surface area (Å²) in [5, 5.41) is 3.94. The van der Waals surface area contributed by atoms with Gasteiger partial charge in [-0.15, -0.1) is 0 Å². The van der Waals surface area contributed by atoms with Gasteiger partial charge in [-0.25, -0.2) is 18.1 Å². The Morgan fingerprint density at radius 3 is 2.30 bits per heavy atom. The van der Waals surface area contributed by atoms with E-state index < -0.39 is 17.2 Å². The van der Waals surface area contributed by atoms with Gasteiger partial charge in [0.15, 0.2) is 0 Å². The van der Waals surface area contributed by atoms with Crippen molar-refractivity contribution in [2.24, 2.45) is 7.05 Å². The highest BCUT2D eigenvalue weighted by atomic mass is 32.2. The third-order valence-corrected chi connectivity index (χ3v) is 8.33. The van der Waals surface area contributed by atoms with Crippen LogP contribution in [0.25, 0.3) is 11.3 Å². The van der Waals surface area contributed by atoms with E-state index in [1.165, 1.54) is 17.1 Å². The van der Waals surface area contributed by atoms with Crippen LogP contribution in [-0.4, -0.2) is 47.7 Å². The molecule has 11 heteroatoms. The predicted molar refractivity (Wildman–Crippen MR) is 145 cm³/mol. The van der Waals surface area contributed by atoms with Crippen molar-refractivity contribution >= 4 is 23.1 Å². The number of aromatic nitrogens is 4. The monoisotopic (exact) mass is 539 g/mol. The van der Waals surface area contributed by atoms with Gasteiger partial charge in [0, 0.05) is 31.0 Å². The molecule has 2 aromatic carbocycles. The molecule has 0 aliphatic heterocycles. The van der Waals surface area contributed by atoms with Crippen LogP contribution in [0.2, 0.25) is 0 Å². The zero-order valence-electron chi connectivity index (χ0n) is 21.5. The third-order valence-electron chi connectivity index (χ3n) is 5.74. The minimum atomic E-state index is -3.96. The number of hydrogen-bond acceptors (Lipinski definition) is 7. The number of rotatable bonds is 9. The van der Waals surface area contributed by atoms with Crippen LogP contribution in [-0.2, 0) is 28.1 Å². The van der Waals surface area contributed by atoms with E-state index in [9.17, 15) is 13.0 Å². The molecule has 4 rings (SSSR count). The van der Waals surface area contributed by atoms with Crippen molar-refractivity contribution in [2.75, 3.05) is 24.2 Å². The van der Waals surface area contributed by atoms with Gasteiger partial charge in [0.25, 0.3) is 10.0 Å². The van der Waals surface area contributed by atoms with Crippen LogP contribution in [0.5, 0.6) is 11.6 Å². The molecule has 0 saturated carbocycles. The molecule has 0 unspecified atom stereocenters. The molecular weight excluding hydrogens is 509 g/mol. The summed E-state index contributed by atoms with van der Waals surface area (Å²) >= 11 is 0. The molecule has 0 bridgehead atoms. The zero-order chi connectivity index (χ0) is 26.8. The number of nitrogens with zero attached hydrogens (tertiary/aromatic N) is 4. The minimum absolute atomic E-state index is 0.00200. The van der Waals surface area contributed by atoms with Crippen molar-refractivity contribution in [3.8, 4) is 22.9 Å². The largest absolute Gasteiger partial charge is 0.439 e. The fourth-order valence-corrected chi connectivity index (χ4v) is 5.55. The van der Waals surface area contributed by atoms with E-state index in [1.54, 1.807) is 26.4 Å². The van der Waals surface area contributed by atoms with Gasteiger partial charge in [-0.3, -0.25) is 4.68 Å². The Morgan fingerprint density at radius 1 is 1.03 bits per heavy atom. The van der Waals surface area contributed by atoms with Crippen LogP contribution >= 0.6 is 7.14 Å². The maximum absolute atomic E-state index is 12.9. The summed E-state index contributed by atoms with van der Waals surface area (Å²) in [6, 6.07) is 15.0. The molecule has 0 aliphatic rings. The van der Waals surface area contributed by atoms with E-state index in [1.807, 2.05) is 56.3 Å². The first-order chi connectivity index (χ1) is 17.4.